The number of esters is 1. The molecule has 0 saturated heterocycles. The van der Waals surface area contributed by atoms with Crippen molar-refractivity contribution in [2.45, 2.75) is 136 Å². The van der Waals surface area contributed by atoms with E-state index >= 15 is 0 Å². The average Bonchev–Trinajstić information content (AvgIpc) is 3.64. The number of ether oxygens (including phenoxy) is 1. The molecular formula is C57H76O4Si2. The lowest BCUT2D eigenvalue weighted by Crippen LogP contribution is -2.68. The maximum Gasteiger partial charge on any atom is 0.319 e. The van der Waals surface area contributed by atoms with Crippen LogP contribution in [0.4, 0.5) is 0 Å². The lowest BCUT2D eigenvalue weighted by molar-refractivity contribution is -0.141. The second-order valence-electron chi connectivity index (χ2n) is 22.7. The minimum atomic E-state index is -2.94. The van der Waals surface area contributed by atoms with E-state index in [4.69, 9.17) is 13.6 Å². The van der Waals surface area contributed by atoms with Crippen molar-refractivity contribution >= 4 is 43.4 Å². The molecule has 0 bridgehead atoms. The van der Waals surface area contributed by atoms with Gasteiger partial charge in [-0.1, -0.05) is 184 Å². The second-order valence-corrected chi connectivity index (χ2v) is 31.2. The van der Waals surface area contributed by atoms with Crippen LogP contribution in [0.5, 0.6) is 0 Å². The summed E-state index contributed by atoms with van der Waals surface area (Å²) in [5, 5.41) is 5.16. The predicted octanol–water partition coefficient (Wildman–Crippen LogP) is 11.9. The fourth-order valence-corrected chi connectivity index (χ4v) is 23.5. The van der Waals surface area contributed by atoms with Crippen LogP contribution in [-0.4, -0.2) is 35.8 Å². The van der Waals surface area contributed by atoms with E-state index in [1.807, 2.05) is 0 Å². The van der Waals surface area contributed by atoms with E-state index in [1.165, 1.54) is 59.3 Å². The number of allylic oxidation sites excluding steroid dienone is 2. The third kappa shape index (κ3) is 7.96. The molecule has 336 valence electrons. The Hall–Kier alpha value is -3.72. The van der Waals surface area contributed by atoms with Gasteiger partial charge >= 0.3 is 14.3 Å². The van der Waals surface area contributed by atoms with Crippen molar-refractivity contribution in [1.82, 2.24) is 0 Å². The highest BCUT2D eigenvalue weighted by molar-refractivity contribution is 7.00. The van der Waals surface area contributed by atoms with Gasteiger partial charge in [-0.25, -0.2) is 0 Å². The van der Waals surface area contributed by atoms with Crippen LogP contribution >= 0.6 is 0 Å². The fourth-order valence-electron chi connectivity index (χ4n) is 14.2. The van der Waals surface area contributed by atoms with Crippen molar-refractivity contribution in [2.75, 3.05) is 7.11 Å². The maximum absolute atomic E-state index is 12.4. The van der Waals surface area contributed by atoms with E-state index < -0.39 is 16.6 Å². The number of carbonyl (C=O) groups is 1. The van der Waals surface area contributed by atoms with Crippen LogP contribution in [0.2, 0.25) is 10.1 Å². The zero-order valence-corrected chi connectivity index (χ0v) is 42.2. The first-order valence-corrected chi connectivity index (χ1v) is 28.2. The van der Waals surface area contributed by atoms with Crippen LogP contribution < -0.4 is 20.7 Å². The lowest BCUT2D eigenvalue weighted by atomic mass is 9.46. The van der Waals surface area contributed by atoms with Crippen LogP contribution in [0.15, 0.2) is 133 Å². The van der Waals surface area contributed by atoms with Crippen molar-refractivity contribution in [1.29, 1.82) is 0 Å². The molecule has 4 aliphatic carbocycles. The number of fused-ring (bicyclic) bond motifs is 5. The Bertz CT molecular complexity index is 2120. The molecule has 0 N–H and O–H groups in total. The highest BCUT2D eigenvalue weighted by atomic mass is 28.4. The molecule has 4 aromatic rings. The van der Waals surface area contributed by atoms with Crippen LogP contribution in [0.1, 0.15) is 120 Å². The second kappa shape index (κ2) is 17.6. The van der Waals surface area contributed by atoms with Gasteiger partial charge in [0.25, 0.3) is 8.32 Å². The van der Waals surface area contributed by atoms with Gasteiger partial charge in [0.1, 0.15) is 0 Å². The van der Waals surface area contributed by atoms with Crippen LogP contribution in [0, 0.1) is 46.3 Å². The molecule has 4 aliphatic rings. The summed E-state index contributed by atoms with van der Waals surface area (Å²) in [7, 11) is -4.18. The molecule has 0 heterocycles. The molecule has 9 atom stereocenters. The van der Waals surface area contributed by atoms with E-state index in [-0.39, 0.29) is 33.0 Å². The Labute approximate surface area is 382 Å². The molecule has 0 radical (unpaired) electrons. The Morgan fingerprint density at radius 2 is 1.11 bits per heavy atom. The Morgan fingerprint density at radius 1 is 0.651 bits per heavy atom. The van der Waals surface area contributed by atoms with Gasteiger partial charge in [-0.3, -0.25) is 4.79 Å². The summed E-state index contributed by atoms with van der Waals surface area (Å²) in [4.78, 5) is 12.4. The quantitative estimate of drug-likeness (QED) is 0.105. The van der Waals surface area contributed by atoms with E-state index in [0.717, 1.165) is 25.7 Å². The van der Waals surface area contributed by atoms with Gasteiger partial charge in [0, 0.05) is 18.4 Å². The zero-order chi connectivity index (χ0) is 44.8. The molecule has 3 saturated carbocycles. The normalized spacial score (nSPS) is 29.1. The van der Waals surface area contributed by atoms with E-state index in [0.29, 0.717) is 41.9 Å². The van der Waals surface area contributed by atoms with Gasteiger partial charge < -0.3 is 13.6 Å². The monoisotopic (exact) mass is 881 g/mol. The third-order valence-corrected chi connectivity index (χ3v) is 27.5. The zero-order valence-electron chi connectivity index (χ0n) is 40.2. The Balaban J connectivity index is 1.25. The number of rotatable bonds is 12. The Morgan fingerprint density at radius 3 is 1.59 bits per heavy atom. The van der Waals surface area contributed by atoms with Crippen molar-refractivity contribution < 1.29 is 18.4 Å². The molecule has 0 aromatic heterocycles. The maximum atomic E-state index is 12.4. The van der Waals surface area contributed by atoms with Crippen molar-refractivity contribution in [3.05, 3.63) is 133 Å². The summed E-state index contributed by atoms with van der Waals surface area (Å²) < 4.78 is 21.5. The largest absolute Gasteiger partial charge is 0.537 e. The minimum absolute atomic E-state index is 0.0810. The van der Waals surface area contributed by atoms with E-state index in [2.05, 4.69) is 190 Å². The van der Waals surface area contributed by atoms with E-state index in [1.54, 1.807) is 0 Å². The standard InChI is InChI=1S/C57H76O4Si2/c1-41(31-34-52(58)59-10)48-32-33-49-53-50(36-38-57(48,49)9)56(8)37-35-43(60-62(54(2,3)4,44-23-15-11-16-24-44)45-25-17-12-18-26-45)39-42(56)40-51(53)61-63(55(5,6)7,46-27-19-13-20-28-46)47-29-21-14-22-30-47/h11-30,40-43,48-50,53H,31-39H2,1-10H3/t41-,42+,43-,48-,49+,50+,53+,56+,57-/m1/s1. The molecule has 63 heavy (non-hydrogen) atoms. The van der Waals surface area contributed by atoms with Crippen molar-refractivity contribution in [2.24, 2.45) is 46.3 Å². The summed E-state index contributed by atoms with van der Waals surface area (Å²) in [5.74, 6) is 3.96. The molecule has 0 aliphatic heterocycles. The molecule has 0 spiro atoms. The van der Waals surface area contributed by atoms with E-state index in [9.17, 15) is 4.79 Å². The molecule has 0 unspecified atom stereocenters. The molecular weight excluding hydrogens is 805 g/mol. The topological polar surface area (TPSA) is 44.8 Å². The van der Waals surface area contributed by atoms with Gasteiger partial charge in [-0.2, -0.15) is 0 Å². The third-order valence-electron chi connectivity index (χ3n) is 17.4. The van der Waals surface area contributed by atoms with Gasteiger partial charge in [-0.05, 0) is 129 Å². The number of hydrogen-bond acceptors (Lipinski definition) is 4. The molecule has 4 aromatic carbocycles. The summed E-state index contributed by atoms with van der Waals surface area (Å²) in [6, 6.07) is 45.0. The molecule has 0 amide bonds. The average molecular weight is 881 g/mol. The van der Waals surface area contributed by atoms with Crippen molar-refractivity contribution in [3.63, 3.8) is 0 Å². The van der Waals surface area contributed by atoms with Gasteiger partial charge in [-0.15, -0.1) is 0 Å². The van der Waals surface area contributed by atoms with Crippen LogP contribution in [0.25, 0.3) is 0 Å². The van der Waals surface area contributed by atoms with Crippen molar-refractivity contribution in [3.8, 4) is 0 Å². The predicted molar refractivity (Wildman–Crippen MR) is 266 cm³/mol. The number of hydrogen-bond donors (Lipinski definition) is 0. The molecule has 6 heteroatoms. The first kappa shape index (κ1) is 45.8. The smallest absolute Gasteiger partial charge is 0.319 e. The van der Waals surface area contributed by atoms with Gasteiger partial charge in [0.2, 0.25) is 0 Å². The molecule has 3 fully saturated rings. The summed E-state index contributed by atoms with van der Waals surface area (Å²) >= 11 is 0. The van der Waals surface area contributed by atoms with Gasteiger partial charge in [0.15, 0.2) is 0 Å². The number of methoxy groups -OCH3 is 1. The van der Waals surface area contributed by atoms with Crippen LogP contribution in [0.3, 0.4) is 0 Å². The first-order chi connectivity index (χ1) is 30.0. The Kier molecular flexibility index (Phi) is 12.8. The summed E-state index contributed by atoms with van der Waals surface area (Å²) in [6.07, 6.45) is 12.4. The summed E-state index contributed by atoms with van der Waals surface area (Å²) in [6.45, 7) is 22.2. The van der Waals surface area contributed by atoms with Gasteiger partial charge in [0.05, 0.1) is 12.9 Å². The lowest BCUT2D eigenvalue weighted by Gasteiger charge is -2.61. The highest BCUT2D eigenvalue weighted by Gasteiger charge is 2.64. The molecule has 8 rings (SSSR count). The fraction of sp³-hybridized carbons (Fsp3) is 0.526. The highest BCUT2D eigenvalue weighted by Crippen LogP contribution is 2.69. The van der Waals surface area contributed by atoms with Crippen LogP contribution in [-0.2, 0) is 18.4 Å². The SMILES string of the molecule is COC(=O)CC[C@@H](C)[C@H]1CC[C@H]2[C@@H]3C(O[Si](c4ccccc4)(c4ccccc4)C(C)(C)C)=C[C@@H]4C[C@H](O[Si](c5ccccc5)(c5ccccc5)C(C)(C)C)CC[C@]4(C)[C@H]3CC[C@]12C. The summed E-state index contributed by atoms with van der Waals surface area (Å²) in [5.41, 5.74) is 0.321. The number of benzene rings is 4. The molecule has 4 nitrogen and oxygen atoms in total. The first-order valence-electron chi connectivity index (χ1n) is 24.4. The number of carbonyl (C=O) groups excluding carboxylic acids is 1. The minimum Gasteiger partial charge on any atom is -0.537 e.